The van der Waals surface area contributed by atoms with Gasteiger partial charge in [-0.2, -0.15) is 18.7 Å². The highest BCUT2D eigenvalue weighted by molar-refractivity contribution is 5.64. The largest absolute Gasteiger partial charge is 0.417 e. The van der Waals surface area contributed by atoms with E-state index in [4.69, 9.17) is 4.84 Å². The zero-order valence-corrected chi connectivity index (χ0v) is 10.5. The number of rotatable bonds is 4. The standard InChI is InChI=1S/C12H15F3N2O/c1-17(2)8-7-9-10(12(13,14)15)5-4-6-11(9)16-18-3/h4-8,16H,1-3H3/p+1/b8-7+. The second-order valence-electron chi connectivity index (χ2n) is 3.94. The van der Waals surface area contributed by atoms with E-state index in [1.54, 1.807) is 31.3 Å². The van der Waals surface area contributed by atoms with E-state index in [-0.39, 0.29) is 5.56 Å². The summed E-state index contributed by atoms with van der Waals surface area (Å²) in [4.78, 5) is 6.47. The van der Waals surface area contributed by atoms with E-state index in [1.807, 2.05) is 0 Å². The van der Waals surface area contributed by atoms with Crippen molar-refractivity contribution in [2.45, 2.75) is 6.18 Å². The van der Waals surface area contributed by atoms with Crippen LogP contribution in [-0.2, 0) is 11.0 Å². The Labute approximate surface area is 104 Å². The Morgan fingerprint density at radius 1 is 1.28 bits per heavy atom. The third-order valence-electron chi connectivity index (χ3n) is 2.23. The Morgan fingerprint density at radius 2 is 1.94 bits per heavy atom. The van der Waals surface area contributed by atoms with Crippen molar-refractivity contribution in [3.05, 3.63) is 35.5 Å². The van der Waals surface area contributed by atoms with Gasteiger partial charge in [0.15, 0.2) is 5.69 Å². The molecule has 1 rings (SSSR count). The smallest absolute Gasteiger partial charge is 0.383 e. The van der Waals surface area contributed by atoms with Crippen molar-refractivity contribution in [3.63, 3.8) is 0 Å². The van der Waals surface area contributed by atoms with Crippen LogP contribution in [0.4, 0.5) is 18.9 Å². The molecule has 3 nitrogen and oxygen atoms in total. The van der Waals surface area contributed by atoms with Gasteiger partial charge in [0.1, 0.15) is 0 Å². The first-order valence-electron chi connectivity index (χ1n) is 5.27. The maximum Gasteiger partial charge on any atom is 0.417 e. The summed E-state index contributed by atoms with van der Waals surface area (Å²) in [7, 11) is 4.89. The van der Waals surface area contributed by atoms with E-state index in [0.717, 1.165) is 6.07 Å². The van der Waals surface area contributed by atoms with Gasteiger partial charge in [0.05, 0.1) is 18.2 Å². The van der Waals surface area contributed by atoms with Gasteiger partial charge >= 0.3 is 6.18 Å². The molecule has 0 radical (unpaired) electrons. The van der Waals surface area contributed by atoms with E-state index < -0.39 is 11.7 Å². The lowest BCUT2D eigenvalue weighted by Gasteiger charge is -2.12. The molecule has 0 atom stereocenters. The second-order valence-corrected chi connectivity index (χ2v) is 3.94. The predicted molar refractivity (Wildman–Crippen MR) is 62.8 cm³/mol. The molecule has 0 saturated carbocycles. The molecule has 1 aromatic rings. The average Bonchev–Trinajstić information content (AvgIpc) is 2.26. The van der Waals surface area contributed by atoms with Crippen molar-refractivity contribution < 1.29 is 23.5 Å². The van der Waals surface area contributed by atoms with Gasteiger partial charge in [-0.15, -0.1) is 0 Å². The summed E-state index contributed by atoms with van der Waals surface area (Å²) >= 11 is 0. The zero-order chi connectivity index (χ0) is 13.8. The van der Waals surface area contributed by atoms with Gasteiger partial charge in [0, 0.05) is 20.2 Å². The topological polar surface area (TPSA) is 29.1 Å². The van der Waals surface area contributed by atoms with Crippen molar-refractivity contribution in [2.24, 2.45) is 0 Å². The van der Waals surface area contributed by atoms with Gasteiger partial charge in [-0.05, 0) is 18.3 Å². The van der Waals surface area contributed by atoms with Gasteiger partial charge in [-0.1, -0.05) is 6.07 Å². The first-order chi connectivity index (χ1) is 8.36. The number of alkyl halides is 3. The van der Waals surface area contributed by atoms with Crippen LogP contribution in [0.3, 0.4) is 0 Å². The maximum atomic E-state index is 12.9. The van der Waals surface area contributed by atoms with Crippen molar-refractivity contribution in [3.8, 4) is 0 Å². The van der Waals surface area contributed by atoms with Crippen LogP contribution in [-0.4, -0.2) is 26.1 Å². The van der Waals surface area contributed by atoms with Crippen molar-refractivity contribution in [1.82, 2.24) is 4.90 Å². The monoisotopic (exact) mass is 261 g/mol. The molecule has 0 aliphatic carbocycles. The van der Waals surface area contributed by atoms with Crippen LogP contribution in [0.1, 0.15) is 11.1 Å². The first kappa shape index (κ1) is 14.5. The van der Waals surface area contributed by atoms with E-state index >= 15 is 0 Å². The number of quaternary nitrogens is 1. The van der Waals surface area contributed by atoms with Crippen LogP contribution in [0.5, 0.6) is 0 Å². The summed E-state index contributed by atoms with van der Waals surface area (Å²) in [5.74, 6) is 0. The lowest BCUT2D eigenvalue weighted by molar-refractivity contribution is -0.830. The maximum absolute atomic E-state index is 12.9. The van der Waals surface area contributed by atoms with Crippen molar-refractivity contribution in [2.75, 3.05) is 21.2 Å². The summed E-state index contributed by atoms with van der Waals surface area (Å²) in [5, 5.41) is 0. The Balaban J connectivity index is 3.30. The lowest BCUT2D eigenvalue weighted by Crippen LogP contribution is -2.76. The van der Waals surface area contributed by atoms with Gasteiger partial charge in [0.2, 0.25) is 0 Å². The molecule has 0 unspecified atom stereocenters. The fourth-order valence-electron chi connectivity index (χ4n) is 1.47. The molecular formula is C12H16F3N2O+. The molecule has 1 aromatic carbocycles. The van der Waals surface area contributed by atoms with Crippen LogP contribution >= 0.6 is 0 Å². The quantitative estimate of drug-likeness (QED) is 0.663. The Bertz CT molecular complexity index is 428. The van der Waals surface area contributed by atoms with Gasteiger partial charge in [0.25, 0.3) is 0 Å². The molecule has 18 heavy (non-hydrogen) atoms. The van der Waals surface area contributed by atoms with E-state index in [9.17, 15) is 13.2 Å². The summed E-state index contributed by atoms with van der Waals surface area (Å²) < 4.78 is 38.7. The van der Waals surface area contributed by atoms with Crippen LogP contribution in [0.15, 0.2) is 24.4 Å². The Hall–Kier alpha value is -1.53. The second kappa shape index (κ2) is 5.88. The predicted octanol–water partition coefficient (Wildman–Crippen LogP) is 1.99. The van der Waals surface area contributed by atoms with Gasteiger partial charge in [-0.25, -0.2) is 4.84 Å². The lowest BCUT2D eigenvalue weighted by atomic mass is 10.0. The molecule has 0 aliphatic heterocycles. The first-order valence-corrected chi connectivity index (χ1v) is 5.27. The van der Waals surface area contributed by atoms with Crippen LogP contribution in [0.25, 0.3) is 6.08 Å². The highest BCUT2D eigenvalue weighted by atomic mass is 19.4. The molecule has 0 amide bonds. The number of halogens is 3. The fraction of sp³-hybridized carbons (Fsp3) is 0.333. The molecule has 100 valence electrons. The number of nitrogens with two attached hydrogens (primary N) is 1. The molecule has 0 aromatic heterocycles. The van der Waals surface area contributed by atoms with E-state index in [1.165, 1.54) is 24.7 Å². The molecule has 2 N–H and O–H groups in total. The summed E-state index contributed by atoms with van der Waals surface area (Å²) in [6.45, 7) is 0. The van der Waals surface area contributed by atoms with Crippen LogP contribution in [0.2, 0.25) is 0 Å². The Kier molecular flexibility index (Phi) is 4.75. The summed E-state index contributed by atoms with van der Waals surface area (Å²) in [5.41, 5.74) is 1.11. The third-order valence-corrected chi connectivity index (χ3v) is 2.23. The van der Waals surface area contributed by atoms with E-state index in [0.29, 0.717) is 5.69 Å². The Morgan fingerprint density at radius 3 is 2.44 bits per heavy atom. The van der Waals surface area contributed by atoms with E-state index in [2.05, 4.69) is 0 Å². The normalized spacial score (nSPS) is 12.1. The molecular weight excluding hydrogens is 245 g/mol. The molecule has 0 aliphatic rings. The molecule has 0 spiro atoms. The van der Waals surface area contributed by atoms with Crippen LogP contribution < -0.4 is 5.48 Å². The fourth-order valence-corrected chi connectivity index (χ4v) is 1.47. The zero-order valence-electron chi connectivity index (χ0n) is 10.5. The van der Waals surface area contributed by atoms with Crippen molar-refractivity contribution >= 4 is 11.8 Å². The third kappa shape index (κ3) is 3.75. The number of hydrogen-bond acceptors (Lipinski definition) is 2. The highest BCUT2D eigenvalue weighted by Crippen LogP contribution is 2.34. The minimum Gasteiger partial charge on any atom is -0.383 e. The van der Waals surface area contributed by atoms with Gasteiger partial charge < -0.3 is 4.90 Å². The molecule has 0 heterocycles. The number of hydrogen-bond donors (Lipinski definition) is 1. The number of benzene rings is 1. The molecule has 0 fully saturated rings. The van der Waals surface area contributed by atoms with Crippen molar-refractivity contribution in [1.29, 1.82) is 0 Å². The van der Waals surface area contributed by atoms with Crippen LogP contribution in [0, 0.1) is 0 Å². The highest BCUT2D eigenvalue weighted by Gasteiger charge is 2.34. The van der Waals surface area contributed by atoms with Gasteiger partial charge in [-0.3, -0.25) is 0 Å². The summed E-state index contributed by atoms with van der Waals surface area (Å²) in [6, 6.07) is 4.00. The summed E-state index contributed by atoms with van der Waals surface area (Å²) in [6.07, 6.45) is -1.39. The minimum atomic E-state index is -4.39. The molecule has 0 saturated heterocycles. The average molecular weight is 261 g/mol. The molecule has 6 heteroatoms. The molecule has 0 bridgehead atoms. The minimum absolute atomic E-state index is 0.0977. The number of nitrogens with zero attached hydrogens (tertiary/aromatic N) is 1. The SMILES string of the molecule is CO[NH2+]c1cccc(C(F)(F)F)c1/C=C/N(C)C.